The molecule has 0 saturated heterocycles. The third-order valence-electron chi connectivity index (χ3n) is 2.59. The predicted molar refractivity (Wildman–Crippen MR) is 71.3 cm³/mol. The summed E-state index contributed by atoms with van der Waals surface area (Å²) < 4.78 is 0. The van der Waals surface area contributed by atoms with E-state index >= 15 is 0 Å². The van der Waals surface area contributed by atoms with Gasteiger partial charge in [-0.25, -0.2) is 0 Å². The molecule has 0 spiro atoms. The molecule has 0 fully saturated rings. The number of benzene rings is 1. The average molecular weight is 252 g/mol. The Kier molecular flexibility index (Phi) is 3.99. The van der Waals surface area contributed by atoms with Gasteiger partial charge in [0.05, 0.1) is 0 Å². The van der Waals surface area contributed by atoms with Gasteiger partial charge >= 0.3 is 0 Å². The Balaban J connectivity index is 2.10. The first-order valence-corrected chi connectivity index (χ1v) is 6.50. The first-order valence-electron chi connectivity index (χ1n) is 5.24. The molecule has 0 saturated carbocycles. The van der Waals surface area contributed by atoms with E-state index in [1.807, 2.05) is 19.2 Å². The fourth-order valence-corrected chi connectivity index (χ4v) is 2.65. The summed E-state index contributed by atoms with van der Waals surface area (Å²) >= 11 is 7.66. The van der Waals surface area contributed by atoms with E-state index in [4.69, 9.17) is 11.6 Å². The molecule has 1 unspecified atom stereocenters. The summed E-state index contributed by atoms with van der Waals surface area (Å²) in [6.07, 6.45) is 0.994. The molecule has 1 nitrogen and oxygen atoms in total. The van der Waals surface area contributed by atoms with Crippen LogP contribution in [0.25, 0.3) is 0 Å². The van der Waals surface area contributed by atoms with Crippen molar-refractivity contribution in [3.63, 3.8) is 0 Å². The highest BCUT2D eigenvalue weighted by Crippen LogP contribution is 2.23. The molecular formula is C13H14ClNS. The van der Waals surface area contributed by atoms with Crippen LogP contribution >= 0.6 is 22.9 Å². The third kappa shape index (κ3) is 2.85. The van der Waals surface area contributed by atoms with E-state index in [-0.39, 0.29) is 0 Å². The molecule has 1 heterocycles. The number of hydrogen-bond donors (Lipinski definition) is 1. The predicted octanol–water partition coefficient (Wildman–Crippen LogP) is 3.90. The normalized spacial score (nSPS) is 12.6. The van der Waals surface area contributed by atoms with E-state index < -0.39 is 0 Å². The second-order valence-corrected chi connectivity index (χ2v) is 5.10. The van der Waals surface area contributed by atoms with Gasteiger partial charge in [0.2, 0.25) is 0 Å². The second-order valence-electron chi connectivity index (χ2n) is 3.69. The van der Waals surface area contributed by atoms with Crippen molar-refractivity contribution < 1.29 is 0 Å². The Morgan fingerprint density at radius 2 is 2.00 bits per heavy atom. The highest BCUT2D eigenvalue weighted by atomic mass is 35.5. The van der Waals surface area contributed by atoms with Crippen molar-refractivity contribution in [3.8, 4) is 0 Å². The lowest BCUT2D eigenvalue weighted by molar-refractivity contribution is 0.602. The van der Waals surface area contributed by atoms with Gasteiger partial charge in [0, 0.05) is 15.9 Å². The second kappa shape index (κ2) is 5.48. The molecule has 0 bridgehead atoms. The number of halogens is 1. The maximum atomic E-state index is 5.87. The molecule has 84 valence electrons. The zero-order valence-electron chi connectivity index (χ0n) is 9.11. The summed E-state index contributed by atoms with van der Waals surface area (Å²) in [7, 11) is 2.00. The van der Waals surface area contributed by atoms with Crippen molar-refractivity contribution >= 4 is 22.9 Å². The van der Waals surface area contributed by atoms with Crippen LogP contribution in [0.5, 0.6) is 0 Å². The summed E-state index contributed by atoms with van der Waals surface area (Å²) in [5.74, 6) is 0. The summed E-state index contributed by atoms with van der Waals surface area (Å²) in [4.78, 5) is 1.37. The van der Waals surface area contributed by atoms with Gasteiger partial charge in [0.25, 0.3) is 0 Å². The topological polar surface area (TPSA) is 12.0 Å². The van der Waals surface area contributed by atoms with Crippen LogP contribution in [0.15, 0.2) is 41.8 Å². The lowest BCUT2D eigenvalue weighted by Crippen LogP contribution is -2.17. The van der Waals surface area contributed by atoms with Crippen LogP contribution in [-0.4, -0.2) is 7.05 Å². The van der Waals surface area contributed by atoms with Gasteiger partial charge in [-0.2, -0.15) is 0 Å². The first-order chi connectivity index (χ1) is 7.79. The Hall–Kier alpha value is -0.830. The van der Waals surface area contributed by atoms with Gasteiger partial charge in [-0.1, -0.05) is 29.8 Å². The fourth-order valence-electron chi connectivity index (χ4n) is 1.69. The third-order valence-corrected chi connectivity index (χ3v) is 3.83. The van der Waals surface area contributed by atoms with E-state index in [2.05, 4.69) is 35.0 Å². The highest BCUT2D eigenvalue weighted by Gasteiger charge is 2.10. The van der Waals surface area contributed by atoms with Crippen LogP contribution in [0.2, 0.25) is 5.02 Å². The van der Waals surface area contributed by atoms with Crippen molar-refractivity contribution in [3.05, 3.63) is 57.2 Å². The van der Waals surface area contributed by atoms with Gasteiger partial charge in [-0.3, -0.25) is 0 Å². The van der Waals surface area contributed by atoms with Gasteiger partial charge < -0.3 is 5.32 Å². The number of hydrogen-bond acceptors (Lipinski definition) is 2. The standard InChI is InChI=1S/C13H14ClNS/c1-15-12(13-3-2-8-16-13)9-10-4-6-11(14)7-5-10/h2-8,12,15H,9H2,1H3. The maximum Gasteiger partial charge on any atom is 0.0453 e. The SMILES string of the molecule is CNC(Cc1ccc(Cl)cc1)c1cccs1. The van der Waals surface area contributed by atoms with E-state index in [9.17, 15) is 0 Å². The quantitative estimate of drug-likeness (QED) is 0.869. The van der Waals surface area contributed by atoms with Crippen LogP contribution in [0.3, 0.4) is 0 Å². The molecule has 1 atom stereocenters. The van der Waals surface area contributed by atoms with Crippen LogP contribution in [0.1, 0.15) is 16.5 Å². The molecule has 2 rings (SSSR count). The molecule has 0 aliphatic heterocycles. The Morgan fingerprint density at radius 3 is 2.56 bits per heavy atom. The zero-order chi connectivity index (χ0) is 11.4. The lowest BCUT2D eigenvalue weighted by Gasteiger charge is -2.14. The van der Waals surface area contributed by atoms with Crippen molar-refractivity contribution in [2.75, 3.05) is 7.05 Å². The largest absolute Gasteiger partial charge is 0.312 e. The summed E-state index contributed by atoms with van der Waals surface area (Å²) in [6.45, 7) is 0. The number of nitrogens with one attached hydrogen (secondary N) is 1. The minimum atomic E-state index is 0.390. The molecule has 0 aliphatic rings. The van der Waals surface area contributed by atoms with Crippen molar-refractivity contribution in [2.45, 2.75) is 12.5 Å². The van der Waals surface area contributed by atoms with Crippen LogP contribution in [-0.2, 0) is 6.42 Å². The van der Waals surface area contributed by atoms with E-state index in [1.54, 1.807) is 11.3 Å². The Labute approximate surface area is 105 Å². The lowest BCUT2D eigenvalue weighted by atomic mass is 10.1. The minimum absolute atomic E-state index is 0.390. The monoisotopic (exact) mass is 251 g/mol. The van der Waals surface area contributed by atoms with E-state index in [1.165, 1.54) is 10.4 Å². The molecule has 1 aromatic carbocycles. The Bertz CT molecular complexity index is 422. The van der Waals surface area contributed by atoms with Crippen molar-refractivity contribution in [1.82, 2.24) is 5.32 Å². The fraction of sp³-hybridized carbons (Fsp3) is 0.231. The molecule has 0 radical (unpaired) electrons. The van der Waals surface area contributed by atoms with Crippen LogP contribution in [0.4, 0.5) is 0 Å². The molecular weight excluding hydrogens is 238 g/mol. The molecule has 1 N–H and O–H groups in total. The zero-order valence-corrected chi connectivity index (χ0v) is 10.7. The van der Waals surface area contributed by atoms with Crippen molar-refractivity contribution in [2.24, 2.45) is 0 Å². The first kappa shape index (κ1) is 11.6. The summed E-state index contributed by atoms with van der Waals surface area (Å²) in [6, 6.07) is 12.7. The number of thiophene rings is 1. The van der Waals surface area contributed by atoms with Gasteiger partial charge in [0.1, 0.15) is 0 Å². The van der Waals surface area contributed by atoms with E-state index in [0.29, 0.717) is 6.04 Å². The minimum Gasteiger partial charge on any atom is -0.312 e. The van der Waals surface area contributed by atoms with Gasteiger partial charge in [0.15, 0.2) is 0 Å². The summed E-state index contributed by atoms with van der Waals surface area (Å²) in [5, 5.41) is 6.25. The van der Waals surface area contributed by atoms with Crippen LogP contribution in [0, 0.1) is 0 Å². The molecule has 16 heavy (non-hydrogen) atoms. The molecule has 2 aromatic rings. The molecule has 0 aliphatic carbocycles. The maximum absolute atomic E-state index is 5.87. The van der Waals surface area contributed by atoms with E-state index in [0.717, 1.165) is 11.4 Å². The van der Waals surface area contributed by atoms with Gasteiger partial charge in [-0.15, -0.1) is 11.3 Å². The average Bonchev–Trinajstić information content (AvgIpc) is 2.82. The van der Waals surface area contributed by atoms with Gasteiger partial charge in [-0.05, 0) is 42.6 Å². The molecule has 1 aromatic heterocycles. The summed E-state index contributed by atoms with van der Waals surface area (Å²) in [5.41, 5.74) is 1.30. The van der Waals surface area contributed by atoms with Crippen LogP contribution < -0.4 is 5.32 Å². The highest BCUT2D eigenvalue weighted by molar-refractivity contribution is 7.10. The molecule has 0 amide bonds. The Morgan fingerprint density at radius 1 is 1.25 bits per heavy atom. The smallest absolute Gasteiger partial charge is 0.0453 e. The number of likely N-dealkylation sites (N-methyl/N-ethyl adjacent to an activating group) is 1. The molecule has 3 heteroatoms. The number of rotatable bonds is 4. The van der Waals surface area contributed by atoms with Crippen molar-refractivity contribution in [1.29, 1.82) is 0 Å².